The van der Waals surface area contributed by atoms with Crippen LogP contribution in [0.5, 0.6) is 0 Å². The molecule has 7 heteroatoms. The Morgan fingerprint density at radius 3 is 2.90 bits per heavy atom. The van der Waals surface area contributed by atoms with Crippen LogP contribution in [0.15, 0.2) is 17.5 Å². The van der Waals surface area contributed by atoms with E-state index >= 15 is 0 Å². The van der Waals surface area contributed by atoms with Gasteiger partial charge in [-0.25, -0.2) is 9.59 Å². The van der Waals surface area contributed by atoms with Crippen molar-refractivity contribution in [3.05, 3.63) is 22.4 Å². The van der Waals surface area contributed by atoms with Crippen molar-refractivity contribution in [3.8, 4) is 0 Å². The quantitative estimate of drug-likeness (QED) is 0.826. The van der Waals surface area contributed by atoms with Crippen molar-refractivity contribution in [2.75, 3.05) is 26.2 Å². The molecule has 1 aliphatic heterocycles. The first kappa shape index (κ1) is 14.8. The summed E-state index contributed by atoms with van der Waals surface area (Å²) in [5.41, 5.74) is -0.538. The molecule has 0 atom stereocenters. The highest BCUT2D eigenvalue weighted by Gasteiger charge is 2.42. The molecule has 2 N–H and O–H groups in total. The van der Waals surface area contributed by atoms with E-state index < -0.39 is 11.6 Å². The first-order valence-electron chi connectivity index (χ1n) is 6.39. The standard InChI is InChI=1S/C13H18N2O4S/c1-13(19-7-11(16)17)8-15(9-13)12(18)14-5-4-10-3-2-6-20-10/h2-3,6H,4-5,7-9H2,1H3,(H,14,18)(H,16,17). The van der Waals surface area contributed by atoms with Crippen LogP contribution in [-0.2, 0) is 16.0 Å². The largest absolute Gasteiger partial charge is 0.480 e. The maximum absolute atomic E-state index is 11.8. The molecular formula is C13H18N2O4S. The third kappa shape index (κ3) is 3.94. The average molecular weight is 298 g/mol. The zero-order valence-corrected chi connectivity index (χ0v) is 12.1. The van der Waals surface area contributed by atoms with E-state index in [0.29, 0.717) is 19.6 Å². The van der Waals surface area contributed by atoms with E-state index in [4.69, 9.17) is 9.84 Å². The van der Waals surface area contributed by atoms with Crippen LogP contribution < -0.4 is 5.32 Å². The number of nitrogens with one attached hydrogen (secondary N) is 1. The van der Waals surface area contributed by atoms with Gasteiger partial charge in [0, 0.05) is 11.4 Å². The molecule has 1 saturated heterocycles. The van der Waals surface area contributed by atoms with Crippen LogP contribution in [0.3, 0.4) is 0 Å². The van der Waals surface area contributed by atoms with Gasteiger partial charge in [0.15, 0.2) is 0 Å². The van der Waals surface area contributed by atoms with Gasteiger partial charge in [-0.2, -0.15) is 0 Å². The molecule has 1 fully saturated rings. The van der Waals surface area contributed by atoms with Gasteiger partial charge in [0.2, 0.25) is 0 Å². The molecule has 0 saturated carbocycles. The Morgan fingerprint density at radius 2 is 2.30 bits per heavy atom. The lowest BCUT2D eigenvalue weighted by atomic mass is 9.97. The fourth-order valence-corrected chi connectivity index (χ4v) is 2.80. The van der Waals surface area contributed by atoms with Gasteiger partial charge in [-0.1, -0.05) is 6.07 Å². The van der Waals surface area contributed by atoms with Crippen LogP contribution in [-0.4, -0.2) is 53.8 Å². The van der Waals surface area contributed by atoms with Gasteiger partial charge in [0.1, 0.15) is 12.2 Å². The van der Waals surface area contributed by atoms with Crippen LogP contribution in [0.2, 0.25) is 0 Å². The van der Waals surface area contributed by atoms with Gasteiger partial charge in [0.25, 0.3) is 0 Å². The monoisotopic (exact) mass is 298 g/mol. The predicted octanol–water partition coefficient (Wildman–Crippen LogP) is 1.18. The summed E-state index contributed by atoms with van der Waals surface area (Å²) >= 11 is 1.67. The molecule has 1 aliphatic rings. The highest BCUT2D eigenvalue weighted by atomic mass is 32.1. The van der Waals surface area contributed by atoms with Gasteiger partial charge < -0.3 is 20.1 Å². The molecule has 1 aromatic heterocycles. The second kappa shape index (κ2) is 6.23. The first-order chi connectivity index (χ1) is 9.48. The number of thiophene rings is 1. The minimum atomic E-state index is -0.995. The zero-order chi connectivity index (χ0) is 14.6. The predicted molar refractivity (Wildman–Crippen MR) is 75.0 cm³/mol. The van der Waals surface area contributed by atoms with Crippen LogP contribution in [0.4, 0.5) is 4.79 Å². The van der Waals surface area contributed by atoms with Crippen molar-refractivity contribution in [3.63, 3.8) is 0 Å². The van der Waals surface area contributed by atoms with Crippen LogP contribution in [0.25, 0.3) is 0 Å². The van der Waals surface area contributed by atoms with Crippen LogP contribution >= 0.6 is 11.3 Å². The Balaban J connectivity index is 1.64. The van der Waals surface area contributed by atoms with Crippen LogP contribution in [0.1, 0.15) is 11.8 Å². The Kier molecular flexibility index (Phi) is 4.61. The van der Waals surface area contributed by atoms with E-state index in [2.05, 4.69) is 5.32 Å². The molecule has 0 unspecified atom stereocenters. The summed E-state index contributed by atoms with van der Waals surface area (Å²) in [6, 6.07) is 3.90. The second-order valence-corrected chi connectivity index (χ2v) is 6.08. The highest BCUT2D eigenvalue weighted by molar-refractivity contribution is 7.09. The molecule has 0 aromatic carbocycles. The Morgan fingerprint density at radius 1 is 1.55 bits per heavy atom. The van der Waals surface area contributed by atoms with Crippen molar-refractivity contribution < 1.29 is 19.4 Å². The summed E-state index contributed by atoms with van der Waals surface area (Å²) in [6.07, 6.45) is 0.823. The van der Waals surface area contributed by atoms with Gasteiger partial charge in [0.05, 0.1) is 13.1 Å². The number of hydrogen-bond donors (Lipinski definition) is 2. The maximum Gasteiger partial charge on any atom is 0.329 e. The molecule has 2 rings (SSSR count). The lowest BCUT2D eigenvalue weighted by Crippen LogP contribution is -2.65. The summed E-state index contributed by atoms with van der Waals surface area (Å²) in [6.45, 7) is 2.93. The SMILES string of the molecule is CC1(OCC(=O)O)CN(C(=O)NCCc2cccs2)C1. The number of carbonyl (C=O) groups excluding carboxylic acids is 1. The summed E-state index contributed by atoms with van der Waals surface area (Å²) in [4.78, 5) is 25.1. The molecule has 0 radical (unpaired) electrons. The average Bonchev–Trinajstić information content (AvgIpc) is 2.86. The van der Waals surface area contributed by atoms with Crippen molar-refractivity contribution in [2.24, 2.45) is 0 Å². The van der Waals surface area contributed by atoms with E-state index in [0.717, 1.165) is 6.42 Å². The fraction of sp³-hybridized carbons (Fsp3) is 0.538. The van der Waals surface area contributed by atoms with Crippen molar-refractivity contribution in [1.82, 2.24) is 10.2 Å². The number of hydrogen-bond acceptors (Lipinski definition) is 4. The third-order valence-electron chi connectivity index (χ3n) is 3.11. The molecule has 2 heterocycles. The van der Waals surface area contributed by atoms with E-state index in [1.807, 2.05) is 24.4 Å². The summed E-state index contributed by atoms with van der Waals surface area (Å²) in [7, 11) is 0. The topological polar surface area (TPSA) is 78.9 Å². The molecule has 1 aromatic rings. The number of likely N-dealkylation sites (tertiary alicyclic amines) is 1. The summed E-state index contributed by atoms with van der Waals surface area (Å²) < 4.78 is 5.25. The molecule has 110 valence electrons. The number of carbonyl (C=O) groups is 2. The third-order valence-corrected chi connectivity index (χ3v) is 4.05. The molecule has 6 nitrogen and oxygen atoms in total. The lowest BCUT2D eigenvalue weighted by molar-refractivity contribution is -0.159. The maximum atomic E-state index is 11.8. The molecule has 2 amide bonds. The molecular weight excluding hydrogens is 280 g/mol. The number of nitrogens with zero attached hydrogens (tertiary/aromatic N) is 1. The van der Waals surface area contributed by atoms with E-state index in [1.54, 1.807) is 16.2 Å². The Bertz CT molecular complexity index is 469. The lowest BCUT2D eigenvalue weighted by Gasteiger charge is -2.46. The van der Waals surface area contributed by atoms with Gasteiger partial charge in [-0.3, -0.25) is 0 Å². The van der Waals surface area contributed by atoms with Crippen molar-refractivity contribution >= 4 is 23.3 Å². The number of carboxylic acids is 1. The fourth-order valence-electron chi connectivity index (χ4n) is 2.09. The summed E-state index contributed by atoms with van der Waals surface area (Å²) in [5, 5.41) is 13.4. The van der Waals surface area contributed by atoms with Crippen molar-refractivity contribution in [1.29, 1.82) is 0 Å². The van der Waals surface area contributed by atoms with Crippen molar-refractivity contribution in [2.45, 2.75) is 18.9 Å². The number of aliphatic carboxylic acids is 1. The second-order valence-electron chi connectivity index (χ2n) is 5.05. The number of urea groups is 1. The van der Waals surface area contributed by atoms with Gasteiger partial charge in [-0.15, -0.1) is 11.3 Å². The number of ether oxygens (including phenoxy) is 1. The zero-order valence-electron chi connectivity index (χ0n) is 11.3. The van der Waals surface area contributed by atoms with Gasteiger partial charge >= 0.3 is 12.0 Å². The smallest absolute Gasteiger partial charge is 0.329 e. The van der Waals surface area contributed by atoms with Crippen LogP contribution in [0, 0.1) is 0 Å². The van der Waals surface area contributed by atoms with E-state index in [-0.39, 0.29) is 12.6 Å². The van der Waals surface area contributed by atoms with Gasteiger partial charge in [-0.05, 0) is 24.8 Å². The number of amides is 2. The molecule has 0 spiro atoms. The Hall–Kier alpha value is -1.60. The summed E-state index contributed by atoms with van der Waals surface area (Å²) in [5.74, 6) is -0.995. The Labute approximate surface area is 121 Å². The normalized spacial score (nSPS) is 16.6. The molecule has 0 bridgehead atoms. The van der Waals surface area contributed by atoms with E-state index in [9.17, 15) is 9.59 Å². The molecule has 0 aliphatic carbocycles. The molecule has 20 heavy (non-hydrogen) atoms. The minimum Gasteiger partial charge on any atom is -0.480 e. The number of rotatable bonds is 6. The number of carboxylic acid groups (broad SMARTS) is 1. The first-order valence-corrected chi connectivity index (χ1v) is 7.27. The minimum absolute atomic E-state index is 0.127. The van der Waals surface area contributed by atoms with E-state index in [1.165, 1.54) is 4.88 Å². The highest BCUT2D eigenvalue weighted by Crippen LogP contribution is 2.24.